The molecule has 0 bridgehead atoms. The van der Waals surface area contributed by atoms with E-state index < -0.39 is 0 Å². The molecular formula is C29H31N3O2. The van der Waals surface area contributed by atoms with Crippen LogP contribution in [-0.4, -0.2) is 28.6 Å². The topological polar surface area (TPSA) is 56.1 Å². The second kappa shape index (κ2) is 11.3. The molecule has 0 aliphatic carbocycles. The first kappa shape index (κ1) is 23.3. The molecule has 4 rings (SSSR count). The summed E-state index contributed by atoms with van der Waals surface area (Å²) in [7, 11) is 0. The number of fused-ring (bicyclic) bond motifs is 1. The fourth-order valence-electron chi connectivity index (χ4n) is 3.86. The van der Waals surface area contributed by atoms with Crippen molar-refractivity contribution < 1.29 is 9.53 Å². The van der Waals surface area contributed by atoms with Crippen LogP contribution in [-0.2, 0) is 17.8 Å². The second-order valence-electron chi connectivity index (χ2n) is 8.53. The summed E-state index contributed by atoms with van der Waals surface area (Å²) >= 11 is 0. The van der Waals surface area contributed by atoms with E-state index >= 15 is 0 Å². The van der Waals surface area contributed by atoms with E-state index in [0.717, 1.165) is 28.2 Å². The molecule has 1 aromatic heterocycles. The van der Waals surface area contributed by atoms with Gasteiger partial charge in [0.15, 0.2) is 0 Å². The number of carbonyl (C=O) groups excluding carboxylic acids is 1. The molecule has 34 heavy (non-hydrogen) atoms. The maximum atomic E-state index is 12.2. The van der Waals surface area contributed by atoms with Gasteiger partial charge in [0, 0.05) is 19.0 Å². The van der Waals surface area contributed by atoms with E-state index in [2.05, 4.69) is 41.9 Å². The first-order chi connectivity index (χ1) is 16.6. The van der Waals surface area contributed by atoms with Crippen LogP contribution >= 0.6 is 0 Å². The zero-order chi connectivity index (χ0) is 23.8. The molecule has 1 N–H and O–H groups in total. The van der Waals surface area contributed by atoms with Crippen LogP contribution in [0.1, 0.15) is 36.7 Å². The first-order valence-corrected chi connectivity index (χ1v) is 11.8. The van der Waals surface area contributed by atoms with Crippen molar-refractivity contribution in [2.75, 3.05) is 13.2 Å². The van der Waals surface area contributed by atoms with Crippen molar-refractivity contribution >= 4 is 23.0 Å². The maximum absolute atomic E-state index is 12.2. The predicted molar refractivity (Wildman–Crippen MR) is 138 cm³/mol. The van der Waals surface area contributed by atoms with Crippen molar-refractivity contribution in [2.24, 2.45) is 0 Å². The minimum atomic E-state index is -0.111. The van der Waals surface area contributed by atoms with Crippen molar-refractivity contribution in [3.05, 3.63) is 102 Å². The molecule has 1 heterocycles. The summed E-state index contributed by atoms with van der Waals surface area (Å²) in [5.74, 6) is 2.20. The number of amides is 1. The molecule has 0 atom stereocenters. The molecule has 0 unspecified atom stereocenters. The molecule has 0 aliphatic rings. The van der Waals surface area contributed by atoms with Gasteiger partial charge in [0.2, 0.25) is 5.91 Å². The lowest BCUT2D eigenvalue weighted by molar-refractivity contribution is -0.116. The molecule has 3 aromatic carbocycles. The minimum Gasteiger partial charge on any atom is -0.492 e. The second-order valence-corrected chi connectivity index (χ2v) is 8.53. The highest BCUT2D eigenvalue weighted by atomic mass is 16.5. The SMILES string of the molecule is CC(C)c1ccc(OCCn2c(CCNC(=O)/C=C/c3ccccc3)nc3ccccc32)cc1. The average molecular weight is 454 g/mol. The van der Waals surface area contributed by atoms with E-state index in [4.69, 9.17) is 9.72 Å². The van der Waals surface area contributed by atoms with E-state index in [-0.39, 0.29) is 5.91 Å². The lowest BCUT2D eigenvalue weighted by Gasteiger charge is -2.12. The fourth-order valence-corrected chi connectivity index (χ4v) is 3.86. The van der Waals surface area contributed by atoms with E-state index in [1.165, 1.54) is 5.56 Å². The molecule has 5 heteroatoms. The summed E-state index contributed by atoms with van der Waals surface area (Å²) in [4.78, 5) is 17.0. The van der Waals surface area contributed by atoms with Crippen LogP contribution < -0.4 is 10.1 Å². The maximum Gasteiger partial charge on any atom is 0.244 e. The van der Waals surface area contributed by atoms with Gasteiger partial charge in [0.25, 0.3) is 0 Å². The Balaban J connectivity index is 1.36. The molecule has 174 valence electrons. The van der Waals surface area contributed by atoms with Crippen LogP contribution in [0.2, 0.25) is 0 Å². The highest BCUT2D eigenvalue weighted by molar-refractivity contribution is 5.91. The Morgan fingerprint density at radius 3 is 2.50 bits per heavy atom. The zero-order valence-electron chi connectivity index (χ0n) is 19.8. The Morgan fingerprint density at radius 1 is 1.00 bits per heavy atom. The number of nitrogens with one attached hydrogen (secondary N) is 1. The molecule has 0 spiro atoms. The molecule has 5 nitrogen and oxygen atoms in total. The molecule has 0 saturated carbocycles. The van der Waals surface area contributed by atoms with Crippen molar-refractivity contribution in [3.63, 3.8) is 0 Å². The number of nitrogens with zero attached hydrogens (tertiary/aromatic N) is 2. The summed E-state index contributed by atoms with van der Waals surface area (Å²) in [6, 6.07) is 26.2. The third kappa shape index (κ3) is 6.13. The highest BCUT2D eigenvalue weighted by Gasteiger charge is 2.11. The van der Waals surface area contributed by atoms with Gasteiger partial charge in [-0.1, -0.05) is 68.4 Å². The molecule has 4 aromatic rings. The van der Waals surface area contributed by atoms with E-state index in [0.29, 0.717) is 32.0 Å². The van der Waals surface area contributed by atoms with Gasteiger partial charge in [-0.3, -0.25) is 4.79 Å². The van der Waals surface area contributed by atoms with Crippen LogP contribution in [0, 0.1) is 0 Å². The Hall–Kier alpha value is -3.86. The fraction of sp³-hybridized carbons (Fsp3) is 0.241. The monoisotopic (exact) mass is 453 g/mol. The molecule has 0 aliphatic heterocycles. The van der Waals surface area contributed by atoms with Crippen molar-refractivity contribution in [2.45, 2.75) is 32.7 Å². The van der Waals surface area contributed by atoms with E-state index in [1.807, 2.05) is 66.7 Å². The molecule has 0 fully saturated rings. The van der Waals surface area contributed by atoms with Gasteiger partial charge in [-0.25, -0.2) is 4.98 Å². The van der Waals surface area contributed by atoms with Crippen LogP contribution in [0.25, 0.3) is 17.1 Å². The minimum absolute atomic E-state index is 0.111. The lowest BCUT2D eigenvalue weighted by Crippen LogP contribution is -2.25. The number of hydrogen-bond donors (Lipinski definition) is 1. The number of aromatic nitrogens is 2. The number of rotatable bonds is 10. The number of para-hydroxylation sites is 2. The quantitative estimate of drug-likeness (QED) is 0.318. The van der Waals surface area contributed by atoms with Crippen LogP contribution in [0.3, 0.4) is 0 Å². The van der Waals surface area contributed by atoms with Crippen molar-refractivity contribution in [1.82, 2.24) is 14.9 Å². The summed E-state index contributed by atoms with van der Waals surface area (Å²) in [6.07, 6.45) is 4.02. The molecule has 1 amide bonds. The van der Waals surface area contributed by atoms with Gasteiger partial charge in [0.05, 0.1) is 17.6 Å². The van der Waals surface area contributed by atoms with E-state index in [1.54, 1.807) is 6.08 Å². The summed E-state index contributed by atoms with van der Waals surface area (Å²) in [5, 5.41) is 2.96. The highest BCUT2D eigenvalue weighted by Crippen LogP contribution is 2.20. The van der Waals surface area contributed by atoms with Gasteiger partial charge in [0.1, 0.15) is 18.2 Å². The Kier molecular flexibility index (Phi) is 7.76. The first-order valence-electron chi connectivity index (χ1n) is 11.8. The van der Waals surface area contributed by atoms with Crippen LogP contribution in [0.4, 0.5) is 0 Å². The van der Waals surface area contributed by atoms with Crippen LogP contribution in [0.5, 0.6) is 5.75 Å². The number of hydrogen-bond acceptors (Lipinski definition) is 3. The number of benzene rings is 3. The number of ether oxygens (including phenoxy) is 1. The Morgan fingerprint density at radius 2 is 1.74 bits per heavy atom. The third-order valence-electron chi connectivity index (χ3n) is 5.74. The summed E-state index contributed by atoms with van der Waals surface area (Å²) in [6.45, 7) is 6.11. The standard InChI is InChI=1S/C29H31N3O2/c1-22(2)24-13-15-25(16-14-24)34-21-20-32-27-11-7-6-10-26(27)31-28(32)18-19-30-29(33)17-12-23-8-4-3-5-9-23/h3-17,22H,18-21H2,1-2H3,(H,30,33)/b17-12+. The molecular weight excluding hydrogens is 422 g/mol. The largest absolute Gasteiger partial charge is 0.492 e. The van der Waals surface area contributed by atoms with Gasteiger partial charge in [-0.05, 0) is 47.4 Å². The van der Waals surface area contributed by atoms with Crippen molar-refractivity contribution in [3.8, 4) is 5.75 Å². The molecule has 0 radical (unpaired) electrons. The predicted octanol–water partition coefficient (Wildman–Crippen LogP) is 5.61. The smallest absolute Gasteiger partial charge is 0.244 e. The summed E-state index contributed by atoms with van der Waals surface area (Å²) in [5.41, 5.74) is 4.33. The Bertz CT molecular complexity index is 1240. The number of imidazole rings is 1. The van der Waals surface area contributed by atoms with Gasteiger partial charge in [-0.2, -0.15) is 0 Å². The van der Waals surface area contributed by atoms with Crippen molar-refractivity contribution in [1.29, 1.82) is 0 Å². The lowest BCUT2D eigenvalue weighted by atomic mass is 10.0. The normalized spacial score (nSPS) is 11.4. The number of carbonyl (C=O) groups is 1. The van der Waals surface area contributed by atoms with Gasteiger partial charge >= 0.3 is 0 Å². The van der Waals surface area contributed by atoms with Crippen LogP contribution in [0.15, 0.2) is 84.9 Å². The average Bonchev–Trinajstić information content (AvgIpc) is 3.21. The van der Waals surface area contributed by atoms with Gasteiger partial charge < -0.3 is 14.6 Å². The van der Waals surface area contributed by atoms with Gasteiger partial charge in [-0.15, -0.1) is 0 Å². The van der Waals surface area contributed by atoms with E-state index in [9.17, 15) is 4.79 Å². The molecule has 0 saturated heterocycles. The third-order valence-corrected chi connectivity index (χ3v) is 5.74. The zero-order valence-corrected chi connectivity index (χ0v) is 19.8. The Labute approximate surface area is 201 Å². The summed E-state index contributed by atoms with van der Waals surface area (Å²) < 4.78 is 8.19.